The van der Waals surface area contributed by atoms with Crippen LogP contribution in [0.3, 0.4) is 0 Å². The van der Waals surface area contributed by atoms with E-state index >= 15 is 0 Å². The molecule has 0 bridgehead atoms. The minimum Gasteiger partial charge on any atom is -0.326 e. The summed E-state index contributed by atoms with van der Waals surface area (Å²) >= 11 is 0. The zero-order valence-electron chi connectivity index (χ0n) is 12.6. The van der Waals surface area contributed by atoms with Gasteiger partial charge in [-0.15, -0.1) is 12.4 Å². The Bertz CT molecular complexity index is 798. The Labute approximate surface area is 145 Å². The number of sulfonamides is 1. The lowest BCUT2D eigenvalue weighted by atomic mass is 9.95. The molecule has 1 fully saturated rings. The summed E-state index contributed by atoms with van der Waals surface area (Å²) in [7, 11) is -3.98. The van der Waals surface area contributed by atoms with E-state index in [1.807, 2.05) is 30.3 Å². The monoisotopic (exact) mass is 374 g/mol. The number of hydrogen-bond donors (Lipinski definition) is 1. The first-order valence-corrected chi connectivity index (χ1v) is 8.59. The second-order valence-corrected chi connectivity index (χ2v) is 7.55. The Morgan fingerprint density at radius 2 is 1.58 bits per heavy atom. The van der Waals surface area contributed by atoms with Crippen molar-refractivity contribution in [1.82, 2.24) is 4.31 Å². The normalized spacial score (nSPS) is 21.5. The lowest BCUT2D eigenvalue weighted by molar-refractivity contribution is 0.468. The first-order valence-electron chi connectivity index (χ1n) is 7.15. The number of nitrogens with zero attached hydrogens (tertiary/aromatic N) is 1. The molecule has 2 N–H and O–H groups in total. The molecule has 24 heavy (non-hydrogen) atoms. The summed E-state index contributed by atoms with van der Waals surface area (Å²) in [5.41, 5.74) is 7.03. The molecule has 0 aromatic heterocycles. The van der Waals surface area contributed by atoms with Gasteiger partial charge < -0.3 is 5.73 Å². The molecule has 0 radical (unpaired) electrons. The molecule has 2 aromatic carbocycles. The van der Waals surface area contributed by atoms with Gasteiger partial charge in [-0.05, 0) is 17.7 Å². The Hall–Kier alpha value is -1.54. The van der Waals surface area contributed by atoms with Crippen LogP contribution in [0.5, 0.6) is 0 Å². The summed E-state index contributed by atoms with van der Waals surface area (Å²) in [4.78, 5) is -0.393. The lowest BCUT2D eigenvalue weighted by Gasteiger charge is -2.16. The van der Waals surface area contributed by atoms with Crippen molar-refractivity contribution in [1.29, 1.82) is 0 Å². The average Bonchev–Trinajstić information content (AvgIpc) is 2.90. The maximum atomic E-state index is 13.3. The number of hydrogen-bond acceptors (Lipinski definition) is 3. The van der Waals surface area contributed by atoms with Gasteiger partial charge in [-0.2, -0.15) is 4.31 Å². The molecule has 8 heteroatoms. The fourth-order valence-electron chi connectivity index (χ4n) is 2.87. The molecule has 1 aliphatic rings. The van der Waals surface area contributed by atoms with Gasteiger partial charge in [-0.3, -0.25) is 0 Å². The highest BCUT2D eigenvalue weighted by atomic mass is 35.5. The summed E-state index contributed by atoms with van der Waals surface area (Å²) < 4.78 is 53.0. The van der Waals surface area contributed by atoms with E-state index in [2.05, 4.69) is 0 Å². The quantitative estimate of drug-likeness (QED) is 0.897. The molecule has 1 aliphatic heterocycles. The van der Waals surface area contributed by atoms with Crippen LogP contribution in [0.4, 0.5) is 8.78 Å². The molecule has 1 saturated heterocycles. The third kappa shape index (κ3) is 3.59. The van der Waals surface area contributed by atoms with Crippen molar-refractivity contribution in [3.05, 3.63) is 65.7 Å². The fourth-order valence-corrected chi connectivity index (χ4v) is 4.41. The predicted molar refractivity (Wildman–Crippen MR) is 89.5 cm³/mol. The van der Waals surface area contributed by atoms with Crippen molar-refractivity contribution in [3.63, 3.8) is 0 Å². The topological polar surface area (TPSA) is 63.4 Å². The number of benzene rings is 2. The van der Waals surface area contributed by atoms with Crippen LogP contribution in [-0.2, 0) is 10.0 Å². The minimum atomic E-state index is -3.98. The van der Waals surface area contributed by atoms with Gasteiger partial charge in [0.1, 0.15) is 11.6 Å². The van der Waals surface area contributed by atoms with Crippen molar-refractivity contribution >= 4 is 22.4 Å². The Morgan fingerprint density at radius 1 is 1.00 bits per heavy atom. The van der Waals surface area contributed by atoms with Crippen LogP contribution in [0.15, 0.2) is 53.4 Å². The maximum absolute atomic E-state index is 13.3. The zero-order chi connectivity index (χ0) is 16.6. The molecular formula is C16H17ClF2N2O2S. The molecule has 0 aliphatic carbocycles. The second kappa shape index (κ2) is 7.14. The molecule has 130 valence electrons. The molecule has 1 heterocycles. The van der Waals surface area contributed by atoms with Crippen LogP contribution in [0.1, 0.15) is 11.5 Å². The summed E-state index contributed by atoms with van der Waals surface area (Å²) in [6.07, 6.45) is 0. The Kier molecular flexibility index (Phi) is 5.59. The van der Waals surface area contributed by atoms with Crippen LogP contribution >= 0.6 is 12.4 Å². The van der Waals surface area contributed by atoms with Gasteiger partial charge in [0.25, 0.3) is 0 Å². The number of nitrogens with two attached hydrogens (primary N) is 1. The highest BCUT2D eigenvalue weighted by molar-refractivity contribution is 7.89. The van der Waals surface area contributed by atoms with Crippen LogP contribution in [-0.4, -0.2) is 31.9 Å². The second-order valence-electron chi connectivity index (χ2n) is 5.61. The van der Waals surface area contributed by atoms with Gasteiger partial charge in [0.05, 0.1) is 4.90 Å². The smallest absolute Gasteiger partial charge is 0.243 e. The van der Waals surface area contributed by atoms with E-state index in [0.717, 1.165) is 17.7 Å². The van der Waals surface area contributed by atoms with Crippen molar-refractivity contribution in [3.8, 4) is 0 Å². The number of halogens is 3. The van der Waals surface area contributed by atoms with Crippen molar-refractivity contribution in [2.45, 2.75) is 16.9 Å². The van der Waals surface area contributed by atoms with Crippen molar-refractivity contribution < 1.29 is 17.2 Å². The molecule has 0 amide bonds. The van der Waals surface area contributed by atoms with Crippen LogP contribution in [0, 0.1) is 11.6 Å². The molecule has 0 spiro atoms. The lowest BCUT2D eigenvalue weighted by Crippen LogP contribution is -2.32. The summed E-state index contributed by atoms with van der Waals surface area (Å²) in [6, 6.07) is 11.3. The largest absolute Gasteiger partial charge is 0.326 e. The zero-order valence-corrected chi connectivity index (χ0v) is 14.2. The first-order chi connectivity index (χ1) is 10.9. The van der Waals surface area contributed by atoms with E-state index < -0.39 is 26.6 Å². The molecule has 0 unspecified atom stereocenters. The summed E-state index contributed by atoms with van der Waals surface area (Å²) in [5, 5.41) is 0. The molecule has 0 saturated carbocycles. The molecular weight excluding hydrogens is 358 g/mol. The Balaban J connectivity index is 0.00000208. The highest BCUT2D eigenvalue weighted by Crippen LogP contribution is 2.30. The maximum Gasteiger partial charge on any atom is 0.243 e. The van der Waals surface area contributed by atoms with Crippen LogP contribution in [0.2, 0.25) is 0 Å². The van der Waals surface area contributed by atoms with Crippen molar-refractivity contribution in [2.75, 3.05) is 13.1 Å². The molecule has 2 aromatic rings. The van der Waals surface area contributed by atoms with Crippen LogP contribution in [0.25, 0.3) is 0 Å². The van der Waals surface area contributed by atoms with E-state index in [1.54, 1.807) is 0 Å². The van der Waals surface area contributed by atoms with E-state index in [-0.39, 0.29) is 37.5 Å². The molecule has 3 rings (SSSR count). The standard InChI is InChI=1S/C16H16F2N2O2S.ClH/c17-12-6-13(18)8-14(7-12)23(21,22)20-9-15(16(19)10-20)11-4-2-1-3-5-11;/h1-8,15-16H,9-10,19H2;1H/t15-,16+;/m0./s1. The van der Waals surface area contributed by atoms with E-state index in [0.29, 0.717) is 6.07 Å². The third-order valence-corrected chi connectivity index (χ3v) is 5.84. The fraction of sp³-hybridized carbons (Fsp3) is 0.250. The number of rotatable bonds is 3. The van der Waals surface area contributed by atoms with Gasteiger partial charge in [-0.25, -0.2) is 17.2 Å². The van der Waals surface area contributed by atoms with E-state index in [4.69, 9.17) is 5.73 Å². The van der Waals surface area contributed by atoms with Gasteiger partial charge >= 0.3 is 0 Å². The van der Waals surface area contributed by atoms with Crippen molar-refractivity contribution in [2.24, 2.45) is 5.73 Å². The van der Waals surface area contributed by atoms with Crippen LogP contribution < -0.4 is 5.73 Å². The Morgan fingerprint density at radius 3 is 2.17 bits per heavy atom. The van der Waals surface area contributed by atoms with Gasteiger partial charge in [-0.1, -0.05) is 30.3 Å². The molecule has 2 atom stereocenters. The molecule has 4 nitrogen and oxygen atoms in total. The third-order valence-electron chi connectivity index (χ3n) is 4.03. The van der Waals surface area contributed by atoms with Gasteiger partial charge in [0.15, 0.2) is 0 Å². The predicted octanol–water partition coefficient (Wildman–Crippen LogP) is 2.50. The SMILES string of the molecule is Cl.N[C@@H]1CN(S(=O)(=O)c2cc(F)cc(F)c2)C[C@H]1c1ccccc1. The van der Waals surface area contributed by atoms with E-state index in [1.165, 1.54) is 4.31 Å². The van der Waals surface area contributed by atoms with Gasteiger partial charge in [0, 0.05) is 31.1 Å². The van der Waals surface area contributed by atoms with Gasteiger partial charge in [0.2, 0.25) is 10.0 Å². The first kappa shape index (κ1) is 18.8. The average molecular weight is 375 g/mol. The minimum absolute atomic E-state index is 0. The summed E-state index contributed by atoms with van der Waals surface area (Å²) in [6.45, 7) is 0.297. The highest BCUT2D eigenvalue weighted by Gasteiger charge is 2.38. The van der Waals surface area contributed by atoms with E-state index in [9.17, 15) is 17.2 Å². The summed E-state index contributed by atoms with van der Waals surface area (Å²) in [5.74, 6) is -2.00.